The van der Waals surface area contributed by atoms with Gasteiger partial charge in [-0.1, -0.05) is 12.8 Å². The van der Waals surface area contributed by atoms with Crippen LogP contribution in [0.1, 0.15) is 25.7 Å². The van der Waals surface area contributed by atoms with E-state index < -0.39 is 0 Å². The molecule has 2 rings (SSSR count). The van der Waals surface area contributed by atoms with Crippen LogP contribution in [-0.2, 0) is 0 Å². The smallest absolute Gasteiger partial charge is 0.125 e. The fraction of sp³-hybridized carbons (Fsp3) is 0.545. The van der Waals surface area contributed by atoms with Crippen LogP contribution < -0.4 is 11.1 Å². The zero-order valence-corrected chi connectivity index (χ0v) is 8.37. The van der Waals surface area contributed by atoms with Crippen LogP contribution in [0.15, 0.2) is 18.3 Å². The quantitative estimate of drug-likeness (QED) is 0.770. The molecule has 0 spiro atoms. The van der Waals surface area contributed by atoms with Gasteiger partial charge in [-0.2, -0.15) is 0 Å². The molecule has 0 amide bonds. The van der Waals surface area contributed by atoms with Crippen molar-refractivity contribution in [2.45, 2.75) is 25.7 Å². The molecule has 0 aliphatic heterocycles. The molecule has 0 atom stereocenters. The lowest BCUT2D eigenvalue weighted by atomic mass is 10.1. The van der Waals surface area contributed by atoms with Gasteiger partial charge in [0, 0.05) is 24.5 Å². The van der Waals surface area contributed by atoms with Gasteiger partial charge in [0.15, 0.2) is 0 Å². The van der Waals surface area contributed by atoms with Crippen molar-refractivity contribution in [2.75, 3.05) is 17.6 Å². The Bertz CT molecular complexity index is 292. The molecule has 3 N–H and O–H groups in total. The molecule has 1 saturated carbocycles. The van der Waals surface area contributed by atoms with Crippen LogP contribution in [0.2, 0.25) is 0 Å². The van der Waals surface area contributed by atoms with Crippen LogP contribution in [0, 0.1) is 5.92 Å². The molecule has 1 fully saturated rings. The van der Waals surface area contributed by atoms with E-state index in [1.807, 2.05) is 12.1 Å². The molecule has 0 radical (unpaired) electrons. The molecule has 1 aromatic rings. The molecule has 0 unspecified atom stereocenters. The van der Waals surface area contributed by atoms with E-state index in [-0.39, 0.29) is 0 Å². The summed E-state index contributed by atoms with van der Waals surface area (Å²) in [5.74, 6) is 1.44. The number of hydrogen-bond donors (Lipinski definition) is 2. The molecule has 76 valence electrons. The first-order chi connectivity index (χ1) is 6.84. The van der Waals surface area contributed by atoms with E-state index in [1.54, 1.807) is 6.20 Å². The number of nitrogen functional groups attached to an aromatic ring is 1. The third-order valence-electron chi connectivity index (χ3n) is 2.85. The highest BCUT2D eigenvalue weighted by Gasteiger charge is 2.14. The lowest BCUT2D eigenvalue weighted by Crippen LogP contribution is -2.11. The molecule has 3 nitrogen and oxygen atoms in total. The third-order valence-corrected chi connectivity index (χ3v) is 2.85. The topological polar surface area (TPSA) is 50.9 Å². The van der Waals surface area contributed by atoms with E-state index in [2.05, 4.69) is 10.3 Å². The summed E-state index contributed by atoms with van der Waals surface area (Å²) in [6.07, 6.45) is 7.27. The van der Waals surface area contributed by atoms with Crippen molar-refractivity contribution < 1.29 is 0 Å². The normalized spacial score (nSPS) is 17.1. The summed E-state index contributed by atoms with van der Waals surface area (Å²) in [5, 5.41) is 3.41. The van der Waals surface area contributed by atoms with Gasteiger partial charge in [-0.3, -0.25) is 0 Å². The van der Waals surface area contributed by atoms with Gasteiger partial charge in [-0.25, -0.2) is 4.98 Å². The standard InChI is InChI=1S/C11H17N3/c12-11-7-10(5-6-13-11)14-8-9-3-1-2-4-9/h5-7,9H,1-4,8H2,(H3,12,13,14). The monoisotopic (exact) mass is 191 g/mol. The molecule has 1 aliphatic carbocycles. The highest BCUT2D eigenvalue weighted by Crippen LogP contribution is 2.24. The van der Waals surface area contributed by atoms with Crippen LogP contribution in [0.25, 0.3) is 0 Å². The fourth-order valence-corrected chi connectivity index (χ4v) is 2.03. The summed E-state index contributed by atoms with van der Waals surface area (Å²) in [6, 6.07) is 3.85. The van der Waals surface area contributed by atoms with Crippen molar-refractivity contribution >= 4 is 11.5 Å². The first kappa shape index (κ1) is 9.31. The summed E-state index contributed by atoms with van der Waals surface area (Å²) in [4.78, 5) is 3.96. The average molecular weight is 191 g/mol. The van der Waals surface area contributed by atoms with Crippen LogP contribution in [-0.4, -0.2) is 11.5 Å². The van der Waals surface area contributed by atoms with Crippen molar-refractivity contribution in [2.24, 2.45) is 5.92 Å². The summed E-state index contributed by atoms with van der Waals surface area (Å²) in [5.41, 5.74) is 6.68. The Hall–Kier alpha value is -1.25. The molecule has 0 aromatic carbocycles. The minimum Gasteiger partial charge on any atom is -0.385 e. The van der Waals surface area contributed by atoms with E-state index in [0.29, 0.717) is 5.82 Å². The van der Waals surface area contributed by atoms with Crippen molar-refractivity contribution in [3.63, 3.8) is 0 Å². The Labute approximate surface area is 84.7 Å². The van der Waals surface area contributed by atoms with Crippen molar-refractivity contribution in [1.29, 1.82) is 0 Å². The number of aromatic nitrogens is 1. The van der Waals surface area contributed by atoms with Crippen LogP contribution in [0.3, 0.4) is 0 Å². The second-order valence-corrected chi connectivity index (χ2v) is 4.00. The number of nitrogens with two attached hydrogens (primary N) is 1. The number of anilines is 2. The van der Waals surface area contributed by atoms with E-state index in [4.69, 9.17) is 5.73 Å². The summed E-state index contributed by atoms with van der Waals surface area (Å²) < 4.78 is 0. The summed E-state index contributed by atoms with van der Waals surface area (Å²) >= 11 is 0. The first-order valence-corrected chi connectivity index (χ1v) is 5.30. The van der Waals surface area contributed by atoms with Gasteiger partial charge in [0.25, 0.3) is 0 Å². The Morgan fingerprint density at radius 1 is 1.43 bits per heavy atom. The largest absolute Gasteiger partial charge is 0.385 e. The van der Waals surface area contributed by atoms with Crippen molar-refractivity contribution in [1.82, 2.24) is 4.98 Å². The molecule has 0 saturated heterocycles. The summed E-state index contributed by atoms with van der Waals surface area (Å²) in [6.45, 7) is 1.07. The maximum absolute atomic E-state index is 5.59. The number of rotatable bonds is 3. The predicted octanol–water partition coefficient (Wildman–Crippen LogP) is 2.27. The molecule has 1 heterocycles. The number of nitrogens with zero attached hydrogens (tertiary/aromatic N) is 1. The highest BCUT2D eigenvalue weighted by atomic mass is 14.9. The van der Waals surface area contributed by atoms with E-state index >= 15 is 0 Å². The van der Waals surface area contributed by atoms with Gasteiger partial charge in [0.2, 0.25) is 0 Å². The molecule has 14 heavy (non-hydrogen) atoms. The Morgan fingerprint density at radius 3 is 2.93 bits per heavy atom. The lowest BCUT2D eigenvalue weighted by Gasteiger charge is -2.11. The summed E-state index contributed by atoms with van der Waals surface area (Å²) in [7, 11) is 0. The van der Waals surface area contributed by atoms with Gasteiger partial charge in [0.1, 0.15) is 5.82 Å². The van der Waals surface area contributed by atoms with E-state index in [9.17, 15) is 0 Å². The zero-order chi connectivity index (χ0) is 9.80. The van der Waals surface area contributed by atoms with Gasteiger partial charge in [-0.05, 0) is 24.8 Å². The van der Waals surface area contributed by atoms with Crippen LogP contribution in [0.4, 0.5) is 11.5 Å². The third kappa shape index (κ3) is 2.37. The predicted molar refractivity (Wildman–Crippen MR) is 59.1 cm³/mol. The highest BCUT2D eigenvalue weighted by molar-refractivity contribution is 5.49. The van der Waals surface area contributed by atoms with Gasteiger partial charge < -0.3 is 11.1 Å². The number of hydrogen-bond acceptors (Lipinski definition) is 3. The van der Waals surface area contributed by atoms with Crippen molar-refractivity contribution in [3.05, 3.63) is 18.3 Å². The Morgan fingerprint density at radius 2 is 2.21 bits per heavy atom. The second-order valence-electron chi connectivity index (χ2n) is 4.00. The average Bonchev–Trinajstić information content (AvgIpc) is 2.67. The molecule has 3 heteroatoms. The van der Waals surface area contributed by atoms with Crippen LogP contribution in [0.5, 0.6) is 0 Å². The fourth-order valence-electron chi connectivity index (χ4n) is 2.03. The minimum atomic E-state index is 0.585. The molecule has 1 aromatic heterocycles. The second kappa shape index (κ2) is 4.31. The van der Waals surface area contributed by atoms with Crippen LogP contribution >= 0.6 is 0 Å². The van der Waals surface area contributed by atoms with Crippen molar-refractivity contribution in [3.8, 4) is 0 Å². The van der Waals surface area contributed by atoms with Gasteiger partial charge >= 0.3 is 0 Å². The maximum atomic E-state index is 5.59. The maximum Gasteiger partial charge on any atom is 0.125 e. The molecule has 0 bridgehead atoms. The van der Waals surface area contributed by atoms with Gasteiger partial charge in [0.05, 0.1) is 0 Å². The Kier molecular flexibility index (Phi) is 2.87. The first-order valence-electron chi connectivity index (χ1n) is 5.30. The molecular formula is C11H17N3. The SMILES string of the molecule is Nc1cc(NCC2CCCC2)ccn1. The van der Waals surface area contributed by atoms with Gasteiger partial charge in [-0.15, -0.1) is 0 Å². The number of nitrogens with one attached hydrogen (secondary N) is 1. The van der Waals surface area contributed by atoms with E-state index in [1.165, 1.54) is 25.7 Å². The zero-order valence-electron chi connectivity index (χ0n) is 8.37. The number of pyridine rings is 1. The Balaban J connectivity index is 1.85. The lowest BCUT2D eigenvalue weighted by molar-refractivity contribution is 0.580. The molecule has 1 aliphatic rings. The molecular weight excluding hydrogens is 174 g/mol. The minimum absolute atomic E-state index is 0.585. The van der Waals surface area contributed by atoms with E-state index in [0.717, 1.165) is 18.2 Å².